The summed E-state index contributed by atoms with van der Waals surface area (Å²) in [6.07, 6.45) is 3.37. The van der Waals surface area contributed by atoms with E-state index in [1.807, 2.05) is 12.1 Å². The number of nitrogens with zero attached hydrogens (tertiary/aromatic N) is 3. The van der Waals surface area contributed by atoms with E-state index in [4.69, 9.17) is 9.97 Å². The van der Waals surface area contributed by atoms with Gasteiger partial charge in [-0.3, -0.25) is 4.90 Å². The molecular formula is C24H25N3O. The Morgan fingerprint density at radius 2 is 1.75 bits per heavy atom. The van der Waals surface area contributed by atoms with Gasteiger partial charge in [-0.05, 0) is 49.6 Å². The van der Waals surface area contributed by atoms with Crippen molar-refractivity contribution in [1.29, 1.82) is 0 Å². The molecule has 142 valence electrons. The van der Waals surface area contributed by atoms with Crippen molar-refractivity contribution >= 4 is 0 Å². The van der Waals surface area contributed by atoms with Crippen molar-refractivity contribution in [3.63, 3.8) is 0 Å². The molecule has 0 atom stereocenters. The lowest BCUT2D eigenvalue weighted by molar-refractivity contribution is 0.243. The Kier molecular flexibility index (Phi) is 4.36. The van der Waals surface area contributed by atoms with Gasteiger partial charge >= 0.3 is 0 Å². The molecule has 0 saturated heterocycles. The van der Waals surface area contributed by atoms with Gasteiger partial charge in [0, 0.05) is 43.1 Å². The van der Waals surface area contributed by atoms with Crippen LogP contribution in [0, 0.1) is 6.92 Å². The van der Waals surface area contributed by atoms with Crippen LogP contribution in [0.25, 0.3) is 11.3 Å². The Bertz CT molecular complexity index is 992. The summed E-state index contributed by atoms with van der Waals surface area (Å²) in [7, 11) is 0. The minimum absolute atomic E-state index is 0.287. The van der Waals surface area contributed by atoms with Crippen molar-refractivity contribution in [2.45, 2.75) is 45.2 Å². The molecule has 2 heterocycles. The third-order valence-corrected chi connectivity index (χ3v) is 5.77. The lowest BCUT2D eigenvalue weighted by Gasteiger charge is -2.30. The predicted molar refractivity (Wildman–Crippen MR) is 110 cm³/mol. The Labute approximate surface area is 165 Å². The van der Waals surface area contributed by atoms with Crippen LogP contribution in [0.15, 0.2) is 48.5 Å². The van der Waals surface area contributed by atoms with Crippen molar-refractivity contribution < 1.29 is 5.11 Å². The van der Waals surface area contributed by atoms with E-state index in [9.17, 15) is 5.11 Å². The molecule has 1 aromatic heterocycles. The minimum atomic E-state index is 0.287. The number of aromatic hydroxyl groups is 1. The van der Waals surface area contributed by atoms with Crippen LogP contribution >= 0.6 is 0 Å². The van der Waals surface area contributed by atoms with Crippen molar-refractivity contribution in [3.05, 3.63) is 76.7 Å². The molecule has 5 rings (SSSR count). The van der Waals surface area contributed by atoms with Gasteiger partial charge in [-0.2, -0.15) is 0 Å². The highest BCUT2D eigenvalue weighted by Gasteiger charge is 2.30. The van der Waals surface area contributed by atoms with E-state index in [-0.39, 0.29) is 5.75 Å². The topological polar surface area (TPSA) is 49.2 Å². The van der Waals surface area contributed by atoms with Gasteiger partial charge in [-0.1, -0.05) is 29.8 Å². The summed E-state index contributed by atoms with van der Waals surface area (Å²) in [4.78, 5) is 12.4. The fraction of sp³-hybridized carbons (Fsp3) is 0.333. The van der Waals surface area contributed by atoms with E-state index in [0.29, 0.717) is 5.92 Å². The number of fused-ring (bicyclic) bond motifs is 1. The average Bonchev–Trinajstić information content (AvgIpc) is 3.55. The number of aryl methyl sites for hydroxylation is 1. The first-order chi connectivity index (χ1) is 13.7. The maximum Gasteiger partial charge on any atom is 0.132 e. The molecule has 0 radical (unpaired) electrons. The Morgan fingerprint density at radius 3 is 2.46 bits per heavy atom. The molecule has 1 aliphatic heterocycles. The van der Waals surface area contributed by atoms with E-state index >= 15 is 0 Å². The molecule has 0 amide bonds. The number of phenolic OH excluding ortho intramolecular Hbond substituents is 1. The summed E-state index contributed by atoms with van der Waals surface area (Å²) in [5, 5.41) is 9.68. The Balaban J connectivity index is 1.48. The van der Waals surface area contributed by atoms with Crippen LogP contribution in [-0.4, -0.2) is 26.5 Å². The largest absolute Gasteiger partial charge is 0.508 e. The minimum Gasteiger partial charge on any atom is -0.508 e. The summed E-state index contributed by atoms with van der Waals surface area (Å²) in [5.41, 5.74) is 7.20. The standard InChI is InChI=1S/C24H25N3O/c1-16-2-4-17(5-3-16)14-27-13-12-22-21(15-27)23(18-8-10-20(28)11-9-18)26-24(25-22)19-6-7-19/h2-5,8-11,19,28H,6-7,12-15H2,1H3. The molecule has 1 fully saturated rings. The molecule has 2 aliphatic rings. The quantitative estimate of drug-likeness (QED) is 0.728. The molecule has 28 heavy (non-hydrogen) atoms. The monoisotopic (exact) mass is 371 g/mol. The van der Waals surface area contributed by atoms with Crippen LogP contribution < -0.4 is 0 Å². The van der Waals surface area contributed by atoms with Gasteiger partial charge in [0.1, 0.15) is 11.6 Å². The van der Waals surface area contributed by atoms with E-state index < -0.39 is 0 Å². The molecule has 0 spiro atoms. The van der Waals surface area contributed by atoms with Crippen LogP contribution in [0.3, 0.4) is 0 Å². The second-order valence-corrected chi connectivity index (χ2v) is 8.12. The summed E-state index contributed by atoms with van der Waals surface area (Å²) < 4.78 is 0. The van der Waals surface area contributed by atoms with Crippen LogP contribution in [0.4, 0.5) is 0 Å². The zero-order valence-electron chi connectivity index (χ0n) is 16.2. The van der Waals surface area contributed by atoms with Gasteiger partial charge in [0.05, 0.1) is 11.4 Å². The maximum absolute atomic E-state index is 9.68. The van der Waals surface area contributed by atoms with Crippen LogP contribution in [0.5, 0.6) is 5.75 Å². The highest BCUT2D eigenvalue weighted by Crippen LogP contribution is 2.40. The van der Waals surface area contributed by atoms with Crippen LogP contribution in [0.1, 0.15) is 47.0 Å². The summed E-state index contributed by atoms with van der Waals surface area (Å²) in [5.74, 6) is 1.83. The molecule has 1 aliphatic carbocycles. The average molecular weight is 371 g/mol. The third kappa shape index (κ3) is 3.52. The number of hydrogen-bond donors (Lipinski definition) is 1. The number of rotatable bonds is 4. The zero-order chi connectivity index (χ0) is 19.1. The molecule has 1 N–H and O–H groups in total. The maximum atomic E-state index is 9.68. The molecule has 3 aromatic rings. The van der Waals surface area contributed by atoms with E-state index in [1.165, 1.54) is 35.2 Å². The molecule has 1 saturated carbocycles. The SMILES string of the molecule is Cc1ccc(CN2CCc3nc(C4CC4)nc(-c4ccc(O)cc4)c3C2)cc1. The zero-order valence-corrected chi connectivity index (χ0v) is 16.2. The van der Waals surface area contributed by atoms with Crippen molar-refractivity contribution in [2.75, 3.05) is 6.54 Å². The number of aromatic nitrogens is 2. The van der Waals surface area contributed by atoms with Gasteiger partial charge in [-0.15, -0.1) is 0 Å². The van der Waals surface area contributed by atoms with E-state index in [1.54, 1.807) is 12.1 Å². The third-order valence-electron chi connectivity index (χ3n) is 5.77. The van der Waals surface area contributed by atoms with Gasteiger partial charge in [0.25, 0.3) is 0 Å². The van der Waals surface area contributed by atoms with E-state index in [0.717, 1.165) is 43.1 Å². The van der Waals surface area contributed by atoms with Gasteiger partial charge < -0.3 is 5.11 Å². The molecule has 2 aromatic carbocycles. The molecular weight excluding hydrogens is 346 g/mol. The smallest absolute Gasteiger partial charge is 0.132 e. The number of hydrogen-bond acceptors (Lipinski definition) is 4. The summed E-state index contributed by atoms with van der Waals surface area (Å²) in [6, 6.07) is 16.2. The first-order valence-electron chi connectivity index (χ1n) is 10.1. The molecule has 0 unspecified atom stereocenters. The second kappa shape index (κ2) is 7.02. The number of phenols is 1. The fourth-order valence-corrected chi connectivity index (χ4v) is 3.96. The first kappa shape index (κ1) is 17.4. The molecule has 0 bridgehead atoms. The second-order valence-electron chi connectivity index (χ2n) is 8.12. The Morgan fingerprint density at radius 1 is 1.00 bits per heavy atom. The lowest BCUT2D eigenvalue weighted by Crippen LogP contribution is -2.31. The van der Waals surface area contributed by atoms with Crippen molar-refractivity contribution in [1.82, 2.24) is 14.9 Å². The Hall–Kier alpha value is -2.72. The van der Waals surface area contributed by atoms with Crippen LogP contribution in [0.2, 0.25) is 0 Å². The molecule has 4 nitrogen and oxygen atoms in total. The first-order valence-corrected chi connectivity index (χ1v) is 10.1. The predicted octanol–water partition coefficient (Wildman–Crippen LogP) is 4.59. The van der Waals surface area contributed by atoms with Crippen LogP contribution in [-0.2, 0) is 19.5 Å². The van der Waals surface area contributed by atoms with Crippen molar-refractivity contribution in [3.8, 4) is 17.0 Å². The van der Waals surface area contributed by atoms with Gasteiger partial charge in [0.15, 0.2) is 0 Å². The van der Waals surface area contributed by atoms with Gasteiger partial charge in [0.2, 0.25) is 0 Å². The highest BCUT2D eigenvalue weighted by molar-refractivity contribution is 5.65. The summed E-state index contributed by atoms with van der Waals surface area (Å²) in [6.45, 7) is 4.96. The summed E-state index contributed by atoms with van der Waals surface area (Å²) >= 11 is 0. The van der Waals surface area contributed by atoms with Gasteiger partial charge in [-0.25, -0.2) is 9.97 Å². The highest BCUT2D eigenvalue weighted by atomic mass is 16.3. The fourth-order valence-electron chi connectivity index (χ4n) is 3.96. The lowest BCUT2D eigenvalue weighted by atomic mass is 9.98. The van der Waals surface area contributed by atoms with Crippen molar-refractivity contribution in [2.24, 2.45) is 0 Å². The normalized spacial score (nSPS) is 16.8. The number of benzene rings is 2. The van der Waals surface area contributed by atoms with E-state index in [2.05, 4.69) is 36.1 Å². The molecule has 4 heteroatoms.